The molecule has 0 aromatic heterocycles. The maximum absolute atomic E-state index is 11.2. The lowest BCUT2D eigenvalue weighted by Crippen LogP contribution is -2.35. The Morgan fingerprint density at radius 1 is 1.33 bits per heavy atom. The van der Waals surface area contributed by atoms with Gasteiger partial charge in [-0.1, -0.05) is 0 Å². The number of likely N-dealkylation sites (N-methyl/N-ethyl adjacent to an activating group) is 1. The van der Waals surface area contributed by atoms with Gasteiger partial charge in [0.1, 0.15) is 5.75 Å². The summed E-state index contributed by atoms with van der Waals surface area (Å²) >= 11 is 0. The van der Waals surface area contributed by atoms with Crippen molar-refractivity contribution in [2.24, 2.45) is 5.10 Å². The van der Waals surface area contributed by atoms with Crippen molar-refractivity contribution in [3.05, 3.63) is 29.3 Å². The number of ether oxygens (including phenoxy) is 1. The first kappa shape index (κ1) is 16.2. The van der Waals surface area contributed by atoms with E-state index in [4.69, 9.17) is 9.84 Å². The molecule has 0 aliphatic rings. The highest BCUT2D eigenvalue weighted by Crippen LogP contribution is 2.18. The summed E-state index contributed by atoms with van der Waals surface area (Å²) in [6.07, 6.45) is 1.21. The van der Waals surface area contributed by atoms with Crippen molar-refractivity contribution in [3.8, 4) is 5.75 Å². The molecule has 0 atom stereocenters. The second-order valence-corrected chi connectivity index (χ2v) is 3.77. The number of benzene rings is 1. The molecule has 0 radical (unpaired) electrons. The fourth-order valence-electron chi connectivity index (χ4n) is 1.39. The first-order valence-corrected chi connectivity index (χ1v) is 6.04. The van der Waals surface area contributed by atoms with E-state index in [1.807, 2.05) is 5.43 Å². The van der Waals surface area contributed by atoms with Gasteiger partial charge in [0.25, 0.3) is 0 Å². The molecule has 1 rings (SSSR count). The van der Waals surface area contributed by atoms with Crippen LogP contribution in [-0.4, -0.2) is 42.8 Å². The van der Waals surface area contributed by atoms with Crippen LogP contribution in [0.1, 0.15) is 22.8 Å². The lowest BCUT2D eigenvalue weighted by Gasteiger charge is -2.07. The molecule has 0 aliphatic carbocycles. The van der Waals surface area contributed by atoms with Gasteiger partial charge >= 0.3 is 17.8 Å². The zero-order valence-corrected chi connectivity index (χ0v) is 11.5. The van der Waals surface area contributed by atoms with Crippen molar-refractivity contribution < 1.29 is 24.2 Å². The molecule has 0 aliphatic heterocycles. The molecule has 1 aromatic carbocycles. The number of carboxylic acids is 1. The standard InChI is InChI=1S/C13H15N3O5/c1-3-21-10-5-4-8(13(19)20)6-9(10)7-15-16-12(18)11(17)14-2/h4-7H,3H2,1-2H3,(H,14,17)(H,16,18)(H,19,20)/b15-7-. The summed E-state index contributed by atoms with van der Waals surface area (Å²) in [5.41, 5.74) is 2.44. The van der Waals surface area contributed by atoms with Crippen LogP contribution in [-0.2, 0) is 9.59 Å². The molecule has 2 amide bonds. The zero-order chi connectivity index (χ0) is 15.8. The molecule has 0 saturated heterocycles. The van der Waals surface area contributed by atoms with Gasteiger partial charge < -0.3 is 15.2 Å². The van der Waals surface area contributed by atoms with E-state index in [9.17, 15) is 14.4 Å². The van der Waals surface area contributed by atoms with E-state index < -0.39 is 17.8 Å². The number of aromatic carboxylic acids is 1. The lowest BCUT2D eigenvalue weighted by atomic mass is 10.1. The Bertz CT molecular complexity index is 583. The number of hydrazone groups is 1. The van der Waals surface area contributed by atoms with Crippen LogP contribution in [0.4, 0.5) is 0 Å². The van der Waals surface area contributed by atoms with E-state index in [0.717, 1.165) is 0 Å². The summed E-state index contributed by atoms with van der Waals surface area (Å²) in [5.74, 6) is -2.44. The van der Waals surface area contributed by atoms with E-state index in [2.05, 4.69) is 10.4 Å². The van der Waals surface area contributed by atoms with Crippen LogP contribution in [0, 0.1) is 0 Å². The largest absolute Gasteiger partial charge is 0.493 e. The van der Waals surface area contributed by atoms with E-state index in [1.165, 1.54) is 31.5 Å². The van der Waals surface area contributed by atoms with E-state index in [1.54, 1.807) is 6.92 Å². The van der Waals surface area contributed by atoms with Gasteiger partial charge in [-0.3, -0.25) is 9.59 Å². The fraction of sp³-hybridized carbons (Fsp3) is 0.231. The number of carboxylic acid groups (broad SMARTS) is 1. The highest BCUT2D eigenvalue weighted by Gasteiger charge is 2.10. The maximum atomic E-state index is 11.2. The van der Waals surface area contributed by atoms with Gasteiger partial charge in [-0.15, -0.1) is 0 Å². The third-order valence-corrected chi connectivity index (χ3v) is 2.36. The molecule has 3 N–H and O–H groups in total. The number of carbonyl (C=O) groups excluding carboxylic acids is 2. The molecule has 1 aromatic rings. The zero-order valence-electron chi connectivity index (χ0n) is 11.5. The van der Waals surface area contributed by atoms with E-state index >= 15 is 0 Å². The maximum Gasteiger partial charge on any atom is 0.335 e. The minimum Gasteiger partial charge on any atom is -0.493 e. The van der Waals surface area contributed by atoms with Crippen LogP contribution in [0.25, 0.3) is 0 Å². The topological polar surface area (TPSA) is 117 Å². The summed E-state index contributed by atoms with van der Waals surface area (Å²) < 4.78 is 5.32. The first-order valence-electron chi connectivity index (χ1n) is 6.04. The second kappa shape index (κ2) is 7.63. The number of carbonyl (C=O) groups is 3. The van der Waals surface area contributed by atoms with Gasteiger partial charge in [0.2, 0.25) is 0 Å². The van der Waals surface area contributed by atoms with Crippen LogP contribution >= 0.6 is 0 Å². The molecule has 0 saturated carbocycles. The molecular weight excluding hydrogens is 278 g/mol. The van der Waals surface area contributed by atoms with Gasteiger partial charge in [-0.05, 0) is 25.1 Å². The molecule has 8 nitrogen and oxygen atoms in total. The van der Waals surface area contributed by atoms with Gasteiger partial charge in [-0.25, -0.2) is 10.2 Å². The predicted octanol–water partition coefficient (Wildman–Crippen LogP) is -0.0204. The molecule has 21 heavy (non-hydrogen) atoms. The van der Waals surface area contributed by atoms with Crippen LogP contribution in [0.2, 0.25) is 0 Å². The van der Waals surface area contributed by atoms with E-state index in [0.29, 0.717) is 17.9 Å². The molecular formula is C13H15N3O5. The molecule has 0 fully saturated rings. The number of nitrogens with one attached hydrogen (secondary N) is 2. The minimum atomic E-state index is -1.10. The average molecular weight is 293 g/mol. The lowest BCUT2D eigenvalue weighted by molar-refractivity contribution is -0.138. The molecule has 0 bridgehead atoms. The monoisotopic (exact) mass is 293 g/mol. The van der Waals surface area contributed by atoms with Crippen molar-refractivity contribution in [2.45, 2.75) is 6.92 Å². The number of amides is 2. The quantitative estimate of drug-likeness (QED) is 0.400. The highest BCUT2D eigenvalue weighted by atomic mass is 16.5. The highest BCUT2D eigenvalue weighted by molar-refractivity contribution is 6.35. The molecule has 0 spiro atoms. The summed E-state index contributed by atoms with van der Waals surface area (Å²) in [7, 11) is 1.31. The molecule has 112 valence electrons. The molecule has 0 heterocycles. The molecule has 8 heteroatoms. The Balaban J connectivity index is 2.93. The predicted molar refractivity (Wildman–Crippen MR) is 74.4 cm³/mol. The Hall–Kier alpha value is -2.90. The smallest absolute Gasteiger partial charge is 0.335 e. The Morgan fingerprint density at radius 3 is 2.62 bits per heavy atom. The van der Waals surface area contributed by atoms with Crippen molar-refractivity contribution in [1.29, 1.82) is 0 Å². The molecule has 0 unspecified atom stereocenters. The Labute approximate surface area is 120 Å². The summed E-state index contributed by atoms with van der Waals surface area (Å²) in [5, 5.41) is 14.7. The van der Waals surface area contributed by atoms with Crippen LogP contribution in [0.5, 0.6) is 5.75 Å². The number of rotatable bonds is 5. The average Bonchev–Trinajstić information content (AvgIpc) is 2.47. The first-order chi connectivity index (χ1) is 9.99. The van der Waals surface area contributed by atoms with Crippen molar-refractivity contribution in [3.63, 3.8) is 0 Å². The number of hydrogen-bond acceptors (Lipinski definition) is 5. The minimum absolute atomic E-state index is 0.0533. The van der Waals surface area contributed by atoms with Gasteiger partial charge in [-0.2, -0.15) is 5.10 Å². The summed E-state index contributed by atoms with van der Waals surface area (Å²) in [6, 6.07) is 4.24. The summed E-state index contributed by atoms with van der Waals surface area (Å²) in [4.78, 5) is 33.1. The van der Waals surface area contributed by atoms with Gasteiger partial charge in [0.05, 0.1) is 18.4 Å². The van der Waals surface area contributed by atoms with Crippen LogP contribution in [0.3, 0.4) is 0 Å². The van der Waals surface area contributed by atoms with Crippen LogP contribution < -0.4 is 15.5 Å². The fourth-order valence-corrected chi connectivity index (χ4v) is 1.39. The Kier molecular flexibility index (Phi) is 5.87. The summed E-state index contributed by atoms with van der Waals surface area (Å²) in [6.45, 7) is 2.16. The van der Waals surface area contributed by atoms with Crippen molar-refractivity contribution in [2.75, 3.05) is 13.7 Å². The normalized spacial score (nSPS) is 10.2. The van der Waals surface area contributed by atoms with E-state index in [-0.39, 0.29) is 5.56 Å². The van der Waals surface area contributed by atoms with Crippen molar-refractivity contribution >= 4 is 24.0 Å². The second-order valence-electron chi connectivity index (χ2n) is 3.77. The Morgan fingerprint density at radius 2 is 2.05 bits per heavy atom. The number of hydrogen-bond donors (Lipinski definition) is 3. The third kappa shape index (κ3) is 4.60. The van der Waals surface area contributed by atoms with Crippen molar-refractivity contribution in [1.82, 2.24) is 10.7 Å². The van der Waals surface area contributed by atoms with Crippen LogP contribution in [0.15, 0.2) is 23.3 Å². The third-order valence-electron chi connectivity index (χ3n) is 2.36. The SMILES string of the molecule is CCOc1ccc(C(=O)O)cc1/C=N\NC(=O)C(=O)NC. The van der Waals surface area contributed by atoms with Gasteiger partial charge in [0.15, 0.2) is 0 Å². The van der Waals surface area contributed by atoms with Gasteiger partial charge in [0, 0.05) is 12.6 Å². The number of nitrogens with zero attached hydrogens (tertiary/aromatic N) is 1.